The molecule has 11 nitrogen and oxygen atoms in total. The molecule has 3 aromatic carbocycles. The highest BCUT2D eigenvalue weighted by Gasteiger charge is 2.24. The second kappa shape index (κ2) is 14.8. The van der Waals surface area contributed by atoms with Gasteiger partial charge in [-0.15, -0.1) is 0 Å². The largest absolute Gasteiger partial charge is 0.496 e. The molecule has 0 spiro atoms. The second-order valence-corrected chi connectivity index (χ2v) is 9.60. The third kappa shape index (κ3) is 7.80. The van der Waals surface area contributed by atoms with Gasteiger partial charge in [0.05, 0.1) is 37.1 Å². The minimum absolute atomic E-state index is 0.0900. The van der Waals surface area contributed by atoms with Gasteiger partial charge in [0, 0.05) is 24.6 Å². The molecule has 0 aliphatic heterocycles. The van der Waals surface area contributed by atoms with Crippen molar-refractivity contribution in [2.75, 3.05) is 43.6 Å². The van der Waals surface area contributed by atoms with Gasteiger partial charge in [0.15, 0.2) is 0 Å². The summed E-state index contributed by atoms with van der Waals surface area (Å²) in [6, 6.07) is 15.0. The fourth-order valence-corrected chi connectivity index (χ4v) is 4.68. The van der Waals surface area contributed by atoms with E-state index in [4.69, 9.17) is 10.5 Å². The number of methoxy groups -OCH3 is 1. The van der Waals surface area contributed by atoms with E-state index in [1.807, 2.05) is 6.92 Å². The van der Waals surface area contributed by atoms with E-state index in [1.54, 1.807) is 60.5 Å². The van der Waals surface area contributed by atoms with Crippen molar-refractivity contribution in [1.82, 2.24) is 10.6 Å². The number of hydrogen-bond acceptors (Lipinski definition) is 7. The number of ether oxygens (including phenoxy) is 1. The lowest BCUT2D eigenvalue weighted by Gasteiger charge is -2.31. The van der Waals surface area contributed by atoms with Crippen LogP contribution in [0.5, 0.6) is 5.75 Å². The van der Waals surface area contributed by atoms with Gasteiger partial charge in [0.2, 0.25) is 18.2 Å². The highest BCUT2D eigenvalue weighted by molar-refractivity contribution is 6.00. The Bertz CT molecular complexity index is 1400. The van der Waals surface area contributed by atoms with Crippen molar-refractivity contribution in [2.45, 2.75) is 32.4 Å². The van der Waals surface area contributed by atoms with Crippen LogP contribution in [0.1, 0.15) is 35.7 Å². The number of likely N-dealkylation sites (N-methyl/N-ethyl adjacent to an activating group) is 1. The summed E-state index contributed by atoms with van der Waals surface area (Å²) < 4.78 is 5.60. The Balaban J connectivity index is 2.04. The van der Waals surface area contributed by atoms with Crippen LogP contribution in [0.25, 0.3) is 10.8 Å². The van der Waals surface area contributed by atoms with E-state index < -0.39 is 5.97 Å². The number of hydrogen-bond donors (Lipinski definition) is 4. The molecule has 0 unspecified atom stereocenters. The number of carboxylic acids is 1. The van der Waals surface area contributed by atoms with E-state index in [-0.39, 0.29) is 49.5 Å². The number of aromatic carboxylic acids is 1. The van der Waals surface area contributed by atoms with Crippen LogP contribution in [0.3, 0.4) is 0 Å². The van der Waals surface area contributed by atoms with Crippen LogP contribution < -0.4 is 30.9 Å². The number of benzene rings is 3. The van der Waals surface area contributed by atoms with Crippen molar-refractivity contribution < 1.29 is 29.0 Å². The molecule has 0 saturated heterocycles. The number of carboxylic acid groups (broad SMARTS) is 1. The maximum Gasteiger partial charge on any atom is 0.335 e. The van der Waals surface area contributed by atoms with E-state index >= 15 is 0 Å². The third-order valence-corrected chi connectivity index (χ3v) is 6.59. The first-order chi connectivity index (χ1) is 19.7. The van der Waals surface area contributed by atoms with Crippen molar-refractivity contribution in [3.63, 3.8) is 0 Å². The highest BCUT2D eigenvalue weighted by atomic mass is 16.5. The van der Waals surface area contributed by atoms with Gasteiger partial charge in [0.25, 0.3) is 0 Å². The molecular formula is C30H37N5O6. The molecule has 3 amide bonds. The molecule has 5 N–H and O–H groups in total. The zero-order valence-corrected chi connectivity index (χ0v) is 23.6. The molecule has 0 bridgehead atoms. The van der Waals surface area contributed by atoms with Gasteiger partial charge in [-0.05, 0) is 68.0 Å². The number of nitrogens with one attached hydrogen (secondary N) is 2. The molecule has 0 heterocycles. The number of fused-ring (bicyclic) bond motifs is 1. The molecule has 3 aromatic rings. The van der Waals surface area contributed by atoms with Crippen LogP contribution in [0.15, 0.2) is 54.6 Å². The fraction of sp³-hybridized carbons (Fsp3) is 0.333. The molecule has 3 rings (SSSR count). The van der Waals surface area contributed by atoms with Gasteiger partial charge in [-0.25, -0.2) is 4.79 Å². The number of carbonyl (C=O) groups excluding carboxylic acids is 3. The molecule has 0 aliphatic carbocycles. The quantitative estimate of drug-likeness (QED) is 0.206. The van der Waals surface area contributed by atoms with Crippen molar-refractivity contribution in [3.8, 4) is 5.75 Å². The van der Waals surface area contributed by atoms with E-state index in [0.29, 0.717) is 47.4 Å². The fourth-order valence-electron chi connectivity index (χ4n) is 4.68. The summed E-state index contributed by atoms with van der Waals surface area (Å²) >= 11 is 0. The lowest BCUT2D eigenvalue weighted by molar-refractivity contribution is -0.121. The summed E-state index contributed by atoms with van der Waals surface area (Å²) in [4.78, 5) is 52.7. The minimum atomic E-state index is -1.04. The number of anilines is 2. The molecule has 0 aromatic heterocycles. The van der Waals surface area contributed by atoms with E-state index in [2.05, 4.69) is 10.6 Å². The summed E-state index contributed by atoms with van der Waals surface area (Å²) in [7, 11) is 3.20. The molecule has 1 atom stereocenters. The van der Waals surface area contributed by atoms with Gasteiger partial charge >= 0.3 is 5.97 Å². The molecule has 0 radical (unpaired) electrons. The summed E-state index contributed by atoms with van der Waals surface area (Å²) in [5.41, 5.74) is 7.48. The standard InChI is InChI=1S/C30H37N5O6/c1-20(33-28(37)16-32-2)17-35(29(38)9-6-14-31)26-8-5-4-7-25(26)34(19-36)18-24-23-12-10-22(30(39)40)15-21(23)11-13-27(24)41-3/h4-5,7-8,10-13,15,19-20,32H,6,9,14,16-18,31H2,1-3H3,(H,33,37)(H,39,40)/t20-/m1/s1. The molecular weight excluding hydrogens is 526 g/mol. The van der Waals surface area contributed by atoms with E-state index in [1.165, 1.54) is 18.1 Å². The first-order valence-electron chi connectivity index (χ1n) is 13.3. The van der Waals surface area contributed by atoms with Crippen LogP contribution in [-0.2, 0) is 20.9 Å². The monoisotopic (exact) mass is 563 g/mol. The Morgan fingerprint density at radius 3 is 2.46 bits per heavy atom. The first kappa shape index (κ1) is 31.1. The average molecular weight is 564 g/mol. The number of nitrogens with two attached hydrogens (primary N) is 1. The predicted octanol–water partition coefficient (Wildman–Crippen LogP) is 2.51. The summed E-state index contributed by atoms with van der Waals surface area (Å²) in [5, 5.41) is 16.5. The van der Waals surface area contributed by atoms with Gasteiger partial charge in [-0.1, -0.05) is 24.3 Å². The minimum Gasteiger partial charge on any atom is -0.496 e. The number of para-hydroxylation sites is 2. The third-order valence-electron chi connectivity index (χ3n) is 6.59. The van der Waals surface area contributed by atoms with Crippen LogP contribution in [0.2, 0.25) is 0 Å². The Kier molecular flexibility index (Phi) is 11.2. The van der Waals surface area contributed by atoms with Crippen molar-refractivity contribution >= 4 is 46.3 Å². The van der Waals surface area contributed by atoms with Crippen molar-refractivity contribution in [3.05, 3.63) is 65.7 Å². The molecule has 11 heteroatoms. The zero-order valence-electron chi connectivity index (χ0n) is 23.6. The maximum atomic E-state index is 13.4. The second-order valence-electron chi connectivity index (χ2n) is 9.60. The van der Waals surface area contributed by atoms with Crippen LogP contribution >= 0.6 is 0 Å². The van der Waals surface area contributed by atoms with E-state index in [0.717, 1.165) is 5.39 Å². The van der Waals surface area contributed by atoms with Gasteiger partial charge in [-0.2, -0.15) is 0 Å². The molecule has 218 valence electrons. The maximum absolute atomic E-state index is 13.4. The lowest BCUT2D eigenvalue weighted by atomic mass is 10.0. The average Bonchev–Trinajstić information content (AvgIpc) is 2.97. The van der Waals surface area contributed by atoms with Crippen LogP contribution in [0.4, 0.5) is 11.4 Å². The Labute approximate surface area is 239 Å². The first-order valence-corrected chi connectivity index (χ1v) is 13.3. The summed E-state index contributed by atoms with van der Waals surface area (Å²) in [6.45, 7) is 2.57. The Hall–Kier alpha value is -4.48. The topological polar surface area (TPSA) is 154 Å². The number of carbonyl (C=O) groups is 4. The number of rotatable bonds is 15. The Morgan fingerprint density at radius 2 is 1.83 bits per heavy atom. The number of nitrogens with zero attached hydrogens (tertiary/aromatic N) is 2. The van der Waals surface area contributed by atoms with Gasteiger partial charge in [-0.3, -0.25) is 14.4 Å². The lowest BCUT2D eigenvalue weighted by Crippen LogP contribution is -2.46. The molecule has 41 heavy (non-hydrogen) atoms. The zero-order chi connectivity index (χ0) is 29.9. The highest BCUT2D eigenvalue weighted by Crippen LogP contribution is 2.35. The normalized spacial score (nSPS) is 11.5. The summed E-state index contributed by atoms with van der Waals surface area (Å²) in [5.74, 6) is -0.899. The number of amides is 3. The van der Waals surface area contributed by atoms with Crippen molar-refractivity contribution in [2.24, 2.45) is 5.73 Å². The van der Waals surface area contributed by atoms with Crippen LogP contribution in [-0.4, -0.2) is 69.1 Å². The van der Waals surface area contributed by atoms with E-state index in [9.17, 15) is 24.3 Å². The summed E-state index contributed by atoms with van der Waals surface area (Å²) in [6.07, 6.45) is 1.37. The molecule has 0 saturated carbocycles. The van der Waals surface area contributed by atoms with Crippen LogP contribution in [0, 0.1) is 0 Å². The smallest absolute Gasteiger partial charge is 0.335 e. The predicted molar refractivity (Wildman–Crippen MR) is 158 cm³/mol. The van der Waals surface area contributed by atoms with Gasteiger partial charge < -0.3 is 36.0 Å². The Morgan fingerprint density at radius 1 is 1.10 bits per heavy atom. The van der Waals surface area contributed by atoms with Crippen molar-refractivity contribution in [1.29, 1.82) is 0 Å². The molecule has 0 fully saturated rings. The SMILES string of the molecule is CNCC(=O)N[C@H](C)CN(C(=O)CCCN)c1ccccc1N(C=O)Cc1c(OC)ccc2cc(C(=O)O)ccc12. The van der Waals surface area contributed by atoms with Gasteiger partial charge in [0.1, 0.15) is 5.75 Å². The molecule has 0 aliphatic rings.